The van der Waals surface area contributed by atoms with Gasteiger partial charge < -0.3 is 14.6 Å². The zero-order chi connectivity index (χ0) is 8.97. The molecular weight excluding hydrogens is 160 g/mol. The minimum atomic E-state index is -0.253. The molecule has 0 aliphatic carbocycles. The molecule has 1 heterocycles. The molecule has 4 heteroatoms. The lowest BCUT2D eigenvalue weighted by molar-refractivity contribution is 0.0925. The molecule has 2 N–H and O–H groups in total. The first-order chi connectivity index (χ1) is 5.77. The van der Waals surface area contributed by atoms with Crippen molar-refractivity contribution in [2.45, 2.75) is 13.0 Å². The van der Waals surface area contributed by atoms with Crippen LogP contribution in [0.15, 0.2) is 16.5 Å². The molecule has 0 aliphatic rings. The van der Waals surface area contributed by atoms with E-state index in [-0.39, 0.29) is 31.2 Å². The van der Waals surface area contributed by atoms with Crippen molar-refractivity contribution in [3.63, 3.8) is 0 Å². The van der Waals surface area contributed by atoms with Crippen molar-refractivity contribution in [3.8, 4) is 0 Å². The van der Waals surface area contributed by atoms with E-state index in [1.54, 1.807) is 0 Å². The van der Waals surface area contributed by atoms with Crippen molar-refractivity contribution in [1.29, 1.82) is 0 Å². The number of carbonyl (C=O) groups excluding carboxylic acids is 1. The maximum atomic E-state index is 11.0. The monoisotopic (exact) mass is 170 g/mol. The van der Waals surface area contributed by atoms with Gasteiger partial charge in [-0.05, 0) is 12.1 Å². The molecule has 1 rings (SSSR count). The van der Waals surface area contributed by atoms with E-state index in [1.165, 1.54) is 12.1 Å². The van der Waals surface area contributed by atoms with E-state index in [4.69, 9.17) is 14.6 Å². The number of Topliss-reactive ketones (excluding diaryl/α,β-unsaturated/α-hetero) is 1. The number of aliphatic hydroxyl groups excluding tert-OH is 2. The fourth-order valence-corrected chi connectivity index (χ4v) is 0.837. The summed E-state index contributed by atoms with van der Waals surface area (Å²) in [6.07, 6.45) is 0.0540. The third-order valence-electron chi connectivity index (χ3n) is 1.43. The van der Waals surface area contributed by atoms with Crippen LogP contribution < -0.4 is 0 Å². The highest BCUT2D eigenvalue weighted by Gasteiger charge is 2.09. The lowest BCUT2D eigenvalue weighted by Gasteiger charge is -1.92. The molecule has 1 aromatic rings. The summed E-state index contributed by atoms with van der Waals surface area (Å²) in [5.41, 5.74) is 0. The van der Waals surface area contributed by atoms with E-state index in [0.717, 1.165) is 0 Å². The molecular formula is C8H10O4. The van der Waals surface area contributed by atoms with Gasteiger partial charge in [-0.3, -0.25) is 4.79 Å². The Morgan fingerprint density at radius 3 is 2.67 bits per heavy atom. The largest absolute Gasteiger partial charge is 0.456 e. The fraction of sp³-hybridized carbons (Fsp3) is 0.375. The van der Waals surface area contributed by atoms with Gasteiger partial charge in [0.15, 0.2) is 11.5 Å². The summed E-state index contributed by atoms with van der Waals surface area (Å²) in [5.74, 6) is 0.293. The number of hydrogen-bond donors (Lipinski definition) is 2. The molecule has 0 saturated heterocycles. The number of aliphatic hydroxyl groups is 2. The third kappa shape index (κ3) is 1.93. The second kappa shape index (κ2) is 4.04. The van der Waals surface area contributed by atoms with Crippen LogP contribution in [0.1, 0.15) is 22.7 Å². The molecule has 1 aromatic heterocycles. The molecule has 0 fully saturated rings. The highest BCUT2D eigenvalue weighted by Crippen LogP contribution is 2.09. The molecule has 4 nitrogen and oxygen atoms in total. The van der Waals surface area contributed by atoms with Crippen LogP contribution in [0.25, 0.3) is 0 Å². The van der Waals surface area contributed by atoms with E-state index < -0.39 is 0 Å². The Labute approximate surface area is 69.4 Å². The van der Waals surface area contributed by atoms with Crippen molar-refractivity contribution in [2.75, 3.05) is 6.61 Å². The first kappa shape index (κ1) is 8.96. The van der Waals surface area contributed by atoms with Gasteiger partial charge in [0.25, 0.3) is 0 Å². The van der Waals surface area contributed by atoms with Crippen LogP contribution in [0.4, 0.5) is 0 Å². The van der Waals surface area contributed by atoms with E-state index in [2.05, 4.69) is 0 Å². The minimum Gasteiger partial charge on any atom is -0.456 e. The van der Waals surface area contributed by atoms with Gasteiger partial charge in [0.1, 0.15) is 12.4 Å². The quantitative estimate of drug-likeness (QED) is 0.639. The van der Waals surface area contributed by atoms with Crippen LogP contribution in [-0.2, 0) is 6.61 Å². The minimum absolute atomic E-state index is 0.0540. The maximum Gasteiger partial charge on any atom is 0.200 e. The molecule has 0 amide bonds. The third-order valence-corrected chi connectivity index (χ3v) is 1.43. The molecule has 0 unspecified atom stereocenters. The number of ketones is 1. The Morgan fingerprint density at radius 1 is 1.42 bits per heavy atom. The van der Waals surface area contributed by atoms with Crippen LogP contribution in [0.5, 0.6) is 0 Å². The number of hydrogen-bond acceptors (Lipinski definition) is 4. The molecule has 0 spiro atoms. The molecule has 0 aliphatic heterocycles. The van der Waals surface area contributed by atoms with Crippen LogP contribution in [0, 0.1) is 0 Å². The normalized spacial score (nSPS) is 10.2. The standard InChI is InChI=1S/C8H10O4/c9-4-3-7(11)8-2-1-6(5-10)12-8/h1-2,9-10H,3-5H2. The molecule has 0 radical (unpaired) electrons. The predicted molar refractivity (Wildman–Crippen MR) is 40.7 cm³/mol. The van der Waals surface area contributed by atoms with Crippen molar-refractivity contribution < 1.29 is 19.4 Å². The van der Waals surface area contributed by atoms with Gasteiger partial charge in [0.05, 0.1) is 6.61 Å². The molecule has 12 heavy (non-hydrogen) atoms. The van der Waals surface area contributed by atoms with Crippen molar-refractivity contribution >= 4 is 5.78 Å². The smallest absolute Gasteiger partial charge is 0.200 e. The van der Waals surface area contributed by atoms with E-state index in [1.807, 2.05) is 0 Å². The van der Waals surface area contributed by atoms with Gasteiger partial charge >= 0.3 is 0 Å². The first-order valence-electron chi connectivity index (χ1n) is 3.61. The van der Waals surface area contributed by atoms with Gasteiger partial charge in [-0.1, -0.05) is 0 Å². The molecule has 66 valence electrons. The second-order valence-electron chi connectivity index (χ2n) is 2.32. The topological polar surface area (TPSA) is 70.7 Å². The number of furan rings is 1. The zero-order valence-electron chi connectivity index (χ0n) is 6.49. The molecule has 0 atom stereocenters. The molecule has 0 bridgehead atoms. The number of rotatable bonds is 4. The molecule has 0 aromatic carbocycles. The maximum absolute atomic E-state index is 11.0. The average molecular weight is 170 g/mol. The van der Waals surface area contributed by atoms with Gasteiger partial charge in [0.2, 0.25) is 0 Å². The Hall–Kier alpha value is -1.13. The Bertz CT molecular complexity index is 264. The van der Waals surface area contributed by atoms with Gasteiger partial charge in [-0.2, -0.15) is 0 Å². The first-order valence-corrected chi connectivity index (χ1v) is 3.61. The van der Waals surface area contributed by atoms with Crippen LogP contribution in [-0.4, -0.2) is 22.6 Å². The number of carbonyl (C=O) groups is 1. The predicted octanol–water partition coefficient (Wildman–Crippen LogP) is 0.337. The Kier molecular flexibility index (Phi) is 3.01. The average Bonchev–Trinajstić information content (AvgIpc) is 2.52. The van der Waals surface area contributed by atoms with Gasteiger partial charge in [0, 0.05) is 6.42 Å². The second-order valence-corrected chi connectivity index (χ2v) is 2.32. The van der Waals surface area contributed by atoms with E-state index >= 15 is 0 Å². The van der Waals surface area contributed by atoms with Crippen LogP contribution >= 0.6 is 0 Å². The Morgan fingerprint density at radius 2 is 2.17 bits per heavy atom. The summed E-state index contributed by atoms with van der Waals surface area (Å²) in [5, 5.41) is 17.1. The van der Waals surface area contributed by atoms with Crippen molar-refractivity contribution in [1.82, 2.24) is 0 Å². The summed E-state index contributed by atoms with van der Waals surface area (Å²) < 4.78 is 4.94. The van der Waals surface area contributed by atoms with Gasteiger partial charge in [-0.15, -0.1) is 0 Å². The summed E-state index contributed by atoms with van der Waals surface area (Å²) >= 11 is 0. The Balaban J connectivity index is 2.68. The highest BCUT2D eigenvalue weighted by atomic mass is 16.4. The molecule has 0 saturated carbocycles. The van der Waals surface area contributed by atoms with Gasteiger partial charge in [-0.25, -0.2) is 0 Å². The van der Waals surface area contributed by atoms with Crippen molar-refractivity contribution in [3.05, 3.63) is 23.7 Å². The van der Waals surface area contributed by atoms with E-state index in [9.17, 15) is 4.79 Å². The van der Waals surface area contributed by atoms with Crippen molar-refractivity contribution in [2.24, 2.45) is 0 Å². The highest BCUT2D eigenvalue weighted by molar-refractivity contribution is 5.93. The summed E-state index contributed by atoms with van der Waals surface area (Å²) in [7, 11) is 0. The van der Waals surface area contributed by atoms with E-state index in [0.29, 0.717) is 5.76 Å². The summed E-state index contributed by atoms with van der Waals surface area (Å²) in [6.45, 7) is -0.402. The summed E-state index contributed by atoms with van der Waals surface area (Å²) in [6, 6.07) is 3.02. The summed E-state index contributed by atoms with van der Waals surface area (Å²) in [4.78, 5) is 11.0. The lowest BCUT2D eigenvalue weighted by atomic mass is 10.2. The van der Waals surface area contributed by atoms with Crippen LogP contribution in [0.3, 0.4) is 0 Å². The SMILES string of the molecule is O=C(CCO)c1ccc(CO)o1. The fourth-order valence-electron chi connectivity index (χ4n) is 0.837. The zero-order valence-corrected chi connectivity index (χ0v) is 6.49. The lowest BCUT2D eigenvalue weighted by Crippen LogP contribution is -1.99. The van der Waals surface area contributed by atoms with Crippen LogP contribution in [0.2, 0.25) is 0 Å².